The lowest BCUT2D eigenvalue weighted by Gasteiger charge is -2.09. The second-order valence-electron chi connectivity index (χ2n) is 5.78. The quantitative estimate of drug-likeness (QED) is 0.586. The van der Waals surface area contributed by atoms with Crippen molar-refractivity contribution >= 4 is 11.6 Å². The Balaban J connectivity index is 1.66. The van der Waals surface area contributed by atoms with Gasteiger partial charge in [-0.15, -0.1) is 0 Å². The number of Topliss-reactive ketones (excluding diaryl/α,β-unsaturated/α-hetero) is 1. The van der Waals surface area contributed by atoms with Crippen LogP contribution in [0.3, 0.4) is 0 Å². The minimum Gasteiger partial charge on any atom is -0.496 e. The van der Waals surface area contributed by atoms with Gasteiger partial charge in [0.2, 0.25) is 5.78 Å². The third kappa shape index (κ3) is 4.39. The lowest BCUT2D eigenvalue weighted by molar-refractivity contribution is 0.0917. The van der Waals surface area contributed by atoms with Crippen molar-refractivity contribution in [2.45, 2.75) is 0 Å². The van der Waals surface area contributed by atoms with Gasteiger partial charge >= 0.3 is 0 Å². The number of halogens is 1. The number of carbonyl (C=O) groups is 2. The zero-order valence-electron chi connectivity index (χ0n) is 14.6. The second kappa shape index (κ2) is 8.27. The standard InChI is InChI=1S/C22H17FO4/c1-26-21-12-9-17(23)13-19(21)20(24)14-27-18-10-7-16(8-11-18)22(25)15-5-3-2-4-6-15/h2-13H,14H2,1H3. The highest BCUT2D eigenvalue weighted by atomic mass is 19.1. The summed E-state index contributed by atoms with van der Waals surface area (Å²) < 4.78 is 23.9. The fourth-order valence-electron chi connectivity index (χ4n) is 2.58. The van der Waals surface area contributed by atoms with E-state index in [0.29, 0.717) is 16.9 Å². The minimum absolute atomic E-state index is 0.0947. The van der Waals surface area contributed by atoms with Crippen molar-refractivity contribution in [3.05, 3.63) is 95.3 Å². The van der Waals surface area contributed by atoms with Gasteiger partial charge in [0.1, 0.15) is 17.3 Å². The van der Waals surface area contributed by atoms with E-state index in [1.807, 2.05) is 6.07 Å². The molecule has 4 nitrogen and oxygen atoms in total. The molecular weight excluding hydrogens is 347 g/mol. The van der Waals surface area contributed by atoms with Gasteiger partial charge in [0.15, 0.2) is 12.4 Å². The Morgan fingerprint density at radius 3 is 2.22 bits per heavy atom. The fourth-order valence-corrected chi connectivity index (χ4v) is 2.58. The molecule has 0 aliphatic rings. The molecule has 0 fully saturated rings. The summed E-state index contributed by atoms with van der Waals surface area (Å²) in [6.45, 7) is -0.272. The van der Waals surface area contributed by atoms with Crippen LogP contribution in [0, 0.1) is 5.82 Å². The molecule has 5 heteroatoms. The Labute approximate surface area is 156 Å². The van der Waals surface area contributed by atoms with E-state index in [1.54, 1.807) is 48.5 Å². The number of ketones is 2. The Hall–Kier alpha value is -3.47. The predicted octanol–water partition coefficient (Wildman–Crippen LogP) is 4.33. The summed E-state index contributed by atoms with van der Waals surface area (Å²) in [4.78, 5) is 24.7. The Morgan fingerprint density at radius 1 is 0.889 bits per heavy atom. The first-order valence-electron chi connectivity index (χ1n) is 8.28. The number of rotatable bonds is 7. The van der Waals surface area contributed by atoms with Gasteiger partial charge in [-0.25, -0.2) is 4.39 Å². The first-order valence-corrected chi connectivity index (χ1v) is 8.28. The first kappa shape index (κ1) is 18.3. The summed E-state index contributed by atoms with van der Waals surface area (Å²) in [5.41, 5.74) is 1.24. The third-order valence-electron chi connectivity index (χ3n) is 3.98. The number of methoxy groups -OCH3 is 1. The van der Waals surface area contributed by atoms with Crippen molar-refractivity contribution in [3.63, 3.8) is 0 Å². The lowest BCUT2D eigenvalue weighted by Crippen LogP contribution is -2.13. The van der Waals surface area contributed by atoms with E-state index in [1.165, 1.54) is 19.2 Å². The van der Waals surface area contributed by atoms with Crippen molar-refractivity contribution in [2.24, 2.45) is 0 Å². The monoisotopic (exact) mass is 364 g/mol. The van der Waals surface area contributed by atoms with Gasteiger partial charge in [-0.3, -0.25) is 9.59 Å². The van der Waals surface area contributed by atoms with Crippen molar-refractivity contribution in [3.8, 4) is 11.5 Å². The number of carbonyl (C=O) groups excluding carboxylic acids is 2. The summed E-state index contributed by atoms with van der Waals surface area (Å²) in [5.74, 6) is -0.307. The molecule has 0 aliphatic heterocycles. The van der Waals surface area contributed by atoms with Gasteiger partial charge < -0.3 is 9.47 Å². The van der Waals surface area contributed by atoms with Crippen molar-refractivity contribution in [2.75, 3.05) is 13.7 Å². The summed E-state index contributed by atoms with van der Waals surface area (Å²) in [6.07, 6.45) is 0. The highest BCUT2D eigenvalue weighted by Crippen LogP contribution is 2.21. The molecule has 0 aromatic heterocycles. The van der Waals surface area contributed by atoms with Crippen molar-refractivity contribution < 1.29 is 23.5 Å². The van der Waals surface area contributed by atoms with Gasteiger partial charge in [-0.05, 0) is 42.5 Å². The topological polar surface area (TPSA) is 52.6 Å². The Morgan fingerprint density at radius 2 is 1.56 bits per heavy atom. The minimum atomic E-state index is -0.525. The molecule has 0 N–H and O–H groups in total. The molecular formula is C22H17FO4. The maximum atomic E-state index is 13.4. The molecule has 0 bridgehead atoms. The van der Waals surface area contributed by atoms with E-state index in [9.17, 15) is 14.0 Å². The average Bonchev–Trinajstić information content (AvgIpc) is 2.72. The maximum absolute atomic E-state index is 13.4. The normalized spacial score (nSPS) is 10.3. The molecule has 0 aliphatic carbocycles. The first-order chi connectivity index (χ1) is 13.1. The fraction of sp³-hybridized carbons (Fsp3) is 0.0909. The van der Waals surface area contributed by atoms with Gasteiger partial charge in [0.05, 0.1) is 12.7 Å². The zero-order valence-corrected chi connectivity index (χ0v) is 14.6. The van der Waals surface area contributed by atoms with Gasteiger partial charge in [0.25, 0.3) is 0 Å². The average molecular weight is 364 g/mol. The number of hydrogen-bond donors (Lipinski definition) is 0. The molecule has 0 radical (unpaired) electrons. The van der Waals surface area contributed by atoms with Crippen LogP contribution >= 0.6 is 0 Å². The van der Waals surface area contributed by atoms with E-state index in [-0.39, 0.29) is 23.7 Å². The van der Waals surface area contributed by atoms with E-state index in [4.69, 9.17) is 9.47 Å². The van der Waals surface area contributed by atoms with Crippen LogP contribution in [0.4, 0.5) is 4.39 Å². The predicted molar refractivity (Wildman–Crippen MR) is 99.1 cm³/mol. The van der Waals surface area contributed by atoms with E-state index < -0.39 is 11.6 Å². The lowest BCUT2D eigenvalue weighted by atomic mass is 10.0. The molecule has 0 spiro atoms. The summed E-state index contributed by atoms with van der Waals surface area (Å²) in [5, 5.41) is 0. The van der Waals surface area contributed by atoms with Gasteiger partial charge in [-0.2, -0.15) is 0 Å². The van der Waals surface area contributed by atoms with Crippen LogP contribution < -0.4 is 9.47 Å². The van der Waals surface area contributed by atoms with Crippen LogP contribution in [0.25, 0.3) is 0 Å². The SMILES string of the molecule is COc1ccc(F)cc1C(=O)COc1ccc(C(=O)c2ccccc2)cc1. The van der Waals surface area contributed by atoms with Crippen LogP contribution in [-0.4, -0.2) is 25.3 Å². The van der Waals surface area contributed by atoms with E-state index in [0.717, 1.165) is 6.07 Å². The summed E-state index contributed by atoms with van der Waals surface area (Å²) in [6, 6.07) is 19.2. The van der Waals surface area contributed by atoms with Crippen LogP contribution in [0.1, 0.15) is 26.3 Å². The largest absolute Gasteiger partial charge is 0.496 e. The number of hydrogen-bond acceptors (Lipinski definition) is 4. The van der Waals surface area contributed by atoms with Crippen LogP contribution in [0.5, 0.6) is 11.5 Å². The third-order valence-corrected chi connectivity index (χ3v) is 3.98. The molecule has 0 atom stereocenters. The van der Waals surface area contributed by atoms with Crippen LogP contribution in [0.15, 0.2) is 72.8 Å². The van der Waals surface area contributed by atoms with Crippen molar-refractivity contribution in [1.82, 2.24) is 0 Å². The molecule has 0 saturated carbocycles. The van der Waals surface area contributed by atoms with E-state index >= 15 is 0 Å². The smallest absolute Gasteiger partial charge is 0.204 e. The van der Waals surface area contributed by atoms with Gasteiger partial charge in [0, 0.05) is 11.1 Å². The molecule has 3 aromatic carbocycles. The van der Waals surface area contributed by atoms with Crippen LogP contribution in [0.2, 0.25) is 0 Å². The summed E-state index contributed by atoms with van der Waals surface area (Å²) >= 11 is 0. The number of benzene rings is 3. The molecule has 0 heterocycles. The molecule has 0 amide bonds. The molecule has 27 heavy (non-hydrogen) atoms. The van der Waals surface area contributed by atoms with Crippen molar-refractivity contribution in [1.29, 1.82) is 0 Å². The Kier molecular flexibility index (Phi) is 5.61. The molecule has 3 aromatic rings. The number of ether oxygens (including phenoxy) is 2. The maximum Gasteiger partial charge on any atom is 0.204 e. The van der Waals surface area contributed by atoms with Gasteiger partial charge in [-0.1, -0.05) is 30.3 Å². The summed E-state index contributed by atoms with van der Waals surface area (Å²) in [7, 11) is 1.41. The molecule has 0 saturated heterocycles. The van der Waals surface area contributed by atoms with E-state index in [2.05, 4.69) is 0 Å². The Bertz CT molecular complexity index is 950. The zero-order chi connectivity index (χ0) is 19.2. The molecule has 3 rings (SSSR count). The highest BCUT2D eigenvalue weighted by Gasteiger charge is 2.14. The highest BCUT2D eigenvalue weighted by molar-refractivity contribution is 6.09. The molecule has 0 unspecified atom stereocenters. The second-order valence-corrected chi connectivity index (χ2v) is 5.78. The van der Waals surface area contributed by atoms with Crippen LogP contribution in [-0.2, 0) is 0 Å². The molecule has 136 valence electrons.